The maximum atomic E-state index is 13.5. The van der Waals surface area contributed by atoms with Gasteiger partial charge in [-0.1, -0.05) is 48.1 Å². The first-order valence-electron chi connectivity index (χ1n) is 10.2. The maximum Gasteiger partial charge on any atom is 0.260 e. The van der Waals surface area contributed by atoms with Gasteiger partial charge in [-0.05, 0) is 37.1 Å². The number of thiazole rings is 1. The minimum Gasteiger partial charge on any atom is -0.379 e. The van der Waals surface area contributed by atoms with Crippen LogP contribution in [-0.4, -0.2) is 55.2 Å². The predicted molar refractivity (Wildman–Crippen MR) is 119 cm³/mol. The SMILES string of the molecule is CCc1cccc2sc(N(CCN3CCOCC3)C(=O)c3cccc(C)c3)nc12. The van der Waals surface area contributed by atoms with Gasteiger partial charge in [0.15, 0.2) is 5.13 Å². The van der Waals surface area contributed by atoms with Crippen molar-refractivity contribution in [2.75, 3.05) is 44.3 Å². The number of hydrogen-bond donors (Lipinski definition) is 0. The largest absolute Gasteiger partial charge is 0.379 e. The molecule has 3 aromatic rings. The highest BCUT2D eigenvalue weighted by molar-refractivity contribution is 7.22. The molecule has 1 saturated heterocycles. The summed E-state index contributed by atoms with van der Waals surface area (Å²) in [4.78, 5) is 22.6. The summed E-state index contributed by atoms with van der Waals surface area (Å²) in [5.41, 5.74) is 4.04. The fourth-order valence-corrected chi connectivity index (χ4v) is 4.72. The molecule has 1 fully saturated rings. The molecule has 0 spiro atoms. The van der Waals surface area contributed by atoms with Crippen LogP contribution in [0.15, 0.2) is 42.5 Å². The standard InChI is InChI=1S/C23H27N3O2S/c1-3-18-7-5-9-20-21(18)24-23(29-20)26(11-10-25-12-14-28-15-13-25)22(27)19-8-4-6-17(2)16-19/h4-9,16H,3,10-15H2,1-2H3. The van der Waals surface area contributed by atoms with Gasteiger partial charge < -0.3 is 4.74 Å². The van der Waals surface area contributed by atoms with Crippen molar-refractivity contribution in [3.8, 4) is 0 Å². The number of fused-ring (bicyclic) bond motifs is 1. The summed E-state index contributed by atoms with van der Waals surface area (Å²) in [6.45, 7) is 8.92. The van der Waals surface area contributed by atoms with Gasteiger partial charge in [0.2, 0.25) is 0 Å². The van der Waals surface area contributed by atoms with Gasteiger partial charge in [0.1, 0.15) is 0 Å². The summed E-state index contributed by atoms with van der Waals surface area (Å²) < 4.78 is 6.59. The molecule has 5 nitrogen and oxygen atoms in total. The molecule has 0 N–H and O–H groups in total. The summed E-state index contributed by atoms with van der Waals surface area (Å²) in [6.07, 6.45) is 0.931. The van der Waals surface area contributed by atoms with Gasteiger partial charge in [-0.2, -0.15) is 0 Å². The lowest BCUT2D eigenvalue weighted by atomic mass is 10.1. The van der Waals surface area contributed by atoms with Crippen molar-refractivity contribution < 1.29 is 9.53 Å². The number of para-hydroxylation sites is 1. The minimum absolute atomic E-state index is 0.0130. The van der Waals surface area contributed by atoms with Crippen molar-refractivity contribution in [2.45, 2.75) is 20.3 Å². The lowest BCUT2D eigenvalue weighted by Gasteiger charge is -2.29. The van der Waals surface area contributed by atoms with Gasteiger partial charge in [0.25, 0.3) is 5.91 Å². The number of anilines is 1. The second kappa shape index (κ2) is 9.03. The van der Waals surface area contributed by atoms with Crippen molar-refractivity contribution in [2.24, 2.45) is 0 Å². The van der Waals surface area contributed by atoms with Crippen LogP contribution in [0, 0.1) is 6.92 Å². The molecule has 0 aliphatic carbocycles. The minimum atomic E-state index is 0.0130. The topological polar surface area (TPSA) is 45.7 Å². The van der Waals surface area contributed by atoms with E-state index in [4.69, 9.17) is 9.72 Å². The number of nitrogens with zero attached hydrogens (tertiary/aromatic N) is 3. The van der Waals surface area contributed by atoms with E-state index in [1.54, 1.807) is 11.3 Å². The van der Waals surface area contributed by atoms with E-state index in [1.807, 2.05) is 36.1 Å². The number of morpholine rings is 1. The molecule has 0 saturated carbocycles. The summed E-state index contributed by atoms with van der Waals surface area (Å²) in [5, 5.41) is 0.778. The van der Waals surface area contributed by atoms with Gasteiger partial charge >= 0.3 is 0 Å². The van der Waals surface area contributed by atoms with Crippen LogP contribution in [0.2, 0.25) is 0 Å². The van der Waals surface area contributed by atoms with Crippen molar-refractivity contribution in [3.05, 3.63) is 59.2 Å². The van der Waals surface area contributed by atoms with Crippen LogP contribution in [-0.2, 0) is 11.2 Å². The van der Waals surface area contributed by atoms with Crippen LogP contribution >= 0.6 is 11.3 Å². The predicted octanol–water partition coefficient (Wildman–Crippen LogP) is 4.15. The Balaban J connectivity index is 1.66. The third kappa shape index (κ3) is 4.50. The first kappa shape index (κ1) is 20.0. The molecule has 1 amide bonds. The molecule has 29 heavy (non-hydrogen) atoms. The Kier molecular flexibility index (Phi) is 6.23. The van der Waals surface area contributed by atoms with Crippen LogP contribution < -0.4 is 4.90 Å². The summed E-state index contributed by atoms with van der Waals surface area (Å²) >= 11 is 1.60. The van der Waals surface area contributed by atoms with E-state index in [9.17, 15) is 4.79 Å². The highest BCUT2D eigenvalue weighted by Crippen LogP contribution is 2.32. The second-order valence-electron chi connectivity index (χ2n) is 7.39. The van der Waals surface area contributed by atoms with E-state index in [0.29, 0.717) is 12.1 Å². The van der Waals surface area contributed by atoms with Crippen LogP contribution in [0.25, 0.3) is 10.2 Å². The molecule has 0 bridgehead atoms. The molecule has 0 unspecified atom stereocenters. The number of aryl methyl sites for hydroxylation is 2. The van der Waals surface area contributed by atoms with Crippen LogP contribution in [0.1, 0.15) is 28.4 Å². The average molecular weight is 410 g/mol. The fraction of sp³-hybridized carbons (Fsp3) is 0.391. The van der Waals surface area contributed by atoms with E-state index in [2.05, 4.69) is 30.0 Å². The third-order valence-corrected chi connectivity index (χ3v) is 6.40. The van der Waals surface area contributed by atoms with Gasteiger partial charge in [-0.15, -0.1) is 0 Å². The van der Waals surface area contributed by atoms with Crippen LogP contribution in [0.5, 0.6) is 0 Å². The Labute approximate surface area is 175 Å². The number of carbonyl (C=O) groups excluding carboxylic acids is 1. The molecule has 0 atom stereocenters. The van der Waals surface area contributed by atoms with Gasteiger partial charge in [-0.25, -0.2) is 4.98 Å². The smallest absolute Gasteiger partial charge is 0.260 e. The van der Waals surface area contributed by atoms with Gasteiger partial charge in [-0.3, -0.25) is 14.6 Å². The van der Waals surface area contributed by atoms with Gasteiger partial charge in [0, 0.05) is 31.7 Å². The van der Waals surface area contributed by atoms with Crippen molar-refractivity contribution >= 4 is 32.6 Å². The lowest BCUT2D eigenvalue weighted by molar-refractivity contribution is 0.0391. The first-order valence-corrected chi connectivity index (χ1v) is 11.0. The number of amides is 1. The molecular formula is C23H27N3O2S. The molecule has 1 aromatic heterocycles. The Hall–Kier alpha value is -2.28. The number of benzene rings is 2. The van der Waals surface area contributed by atoms with Crippen LogP contribution in [0.4, 0.5) is 5.13 Å². The molecule has 152 valence electrons. The summed E-state index contributed by atoms with van der Waals surface area (Å²) in [5.74, 6) is 0.0130. The molecule has 2 aromatic carbocycles. The van der Waals surface area contributed by atoms with Crippen molar-refractivity contribution in [3.63, 3.8) is 0 Å². The maximum absolute atomic E-state index is 13.5. The summed E-state index contributed by atoms with van der Waals surface area (Å²) in [6, 6.07) is 14.1. The zero-order valence-electron chi connectivity index (χ0n) is 17.1. The highest BCUT2D eigenvalue weighted by atomic mass is 32.1. The monoisotopic (exact) mass is 409 g/mol. The Morgan fingerprint density at radius 3 is 2.76 bits per heavy atom. The molecular weight excluding hydrogens is 382 g/mol. The number of hydrogen-bond acceptors (Lipinski definition) is 5. The van der Waals surface area contributed by atoms with E-state index < -0.39 is 0 Å². The van der Waals surface area contributed by atoms with Crippen molar-refractivity contribution in [1.29, 1.82) is 0 Å². The Bertz CT molecular complexity index is 995. The highest BCUT2D eigenvalue weighted by Gasteiger charge is 2.23. The molecule has 4 rings (SSSR count). The lowest BCUT2D eigenvalue weighted by Crippen LogP contribution is -2.43. The molecule has 2 heterocycles. The number of carbonyl (C=O) groups is 1. The third-order valence-electron chi connectivity index (χ3n) is 5.36. The van der Waals surface area contributed by atoms with Crippen molar-refractivity contribution in [1.82, 2.24) is 9.88 Å². The number of rotatable bonds is 6. The number of aromatic nitrogens is 1. The number of ether oxygens (including phenoxy) is 1. The van der Waals surface area contributed by atoms with E-state index >= 15 is 0 Å². The van der Waals surface area contributed by atoms with Gasteiger partial charge in [0.05, 0.1) is 23.4 Å². The molecule has 0 radical (unpaired) electrons. The van der Waals surface area contributed by atoms with E-state index in [0.717, 1.165) is 60.2 Å². The van der Waals surface area contributed by atoms with E-state index in [-0.39, 0.29) is 5.91 Å². The fourth-order valence-electron chi connectivity index (χ4n) is 3.68. The average Bonchev–Trinajstić information content (AvgIpc) is 3.18. The molecule has 1 aliphatic rings. The first-order chi connectivity index (χ1) is 14.2. The normalized spacial score (nSPS) is 15.0. The Morgan fingerprint density at radius 1 is 1.21 bits per heavy atom. The quantitative estimate of drug-likeness (QED) is 0.614. The zero-order valence-corrected chi connectivity index (χ0v) is 17.9. The Morgan fingerprint density at radius 2 is 2.00 bits per heavy atom. The second-order valence-corrected chi connectivity index (χ2v) is 8.40. The zero-order chi connectivity index (χ0) is 20.2. The summed E-state index contributed by atoms with van der Waals surface area (Å²) in [7, 11) is 0. The molecule has 1 aliphatic heterocycles. The molecule has 6 heteroatoms. The van der Waals surface area contributed by atoms with E-state index in [1.165, 1.54) is 5.56 Å². The van der Waals surface area contributed by atoms with Crippen LogP contribution in [0.3, 0.4) is 0 Å².